The van der Waals surface area contributed by atoms with Crippen LogP contribution in [0.1, 0.15) is 28.8 Å². The summed E-state index contributed by atoms with van der Waals surface area (Å²) in [5.74, 6) is 1.07. The molecule has 0 atom stereocenters. The van der Waals surface area contributed by atoms with E-state index in [1.165, 1.54) is 28.8 Å². The van der Waals surface area contributed by atoms with Crippen LogP contribution in [-0.4, -0.2) is 12.6 Å². The molecule has 0 spiro atoms. The monoisotopic (exact) mass is 287 g/mol. The predicted octanol–water partition coefficient (Wildman–Crippen LogP) is 3.93. The summed E-state index contributed by atoms with van der Waals surface area (Å²) in [6.45, 7) is 3.80. The molecule has 20 heavy (non-hydrogen) atoms. The molecule has 3 rings (SSSR count). The Labute approximate surface area is 124 Å². The van der Waals surface area contributed by atoms with Gasteiger partial charge in [-0.15, -0.1) is 11.3 Å². The van der Waals surface area contributed by atoms with Crippen LogP contribution in [0.5, 0.6) is 5.75 Å². The second-order valence-electron chi connectivity index (χ2n) is 5.40. The van der Waals surface area contributed by atoms with Gasteiger partial charge in [0.25, 0.3) is 0 Å². The fraction of sp³-hybridized carbons (Fsp3) is 0.412. The predicted molar refractivity (Wildman–Crippen MR) is 84.6 cm³/mol. The minimum absolute atomic E-state index is 0.731. The van der Waals surface area contributed by atoms with Crippen molar-refractivity contribution in [3.05, 3.63) is 51.7 Å². The number of para-hydroxylation sites is 1. The van der Waals surface area contributed by atoms with Crippen molar-refractivity contribution in [2.24, 2.45) is 0 Å². The van der Waals surface area contributed by atoms with E-state index in [4.69, 9.17) is 4.74 Å². The Morgan fingerprint density at radius 2 is 2.15 bits per heavy atom. The van der Waals surface area contributed by atoms with Crippen molar-refractivity contribution in [2.75, 3.05) is 6.61 Å². The highest BCUT2D eigenvalue weighted by Crippen LogP contribution is 2.26. The molecule has 1 fully saturated rings. The molecule has 0 bridgehead atoms. The van der Waals surface area contributed by atoms with Crippen molar-refractivity contribution in [1.29, 1.82) is 0 Å². The Bertz CT molecular complexity index is 546. The zero-order valence-electron chi connectivity index (χ0n) is 11.9. The Hall–Kier alpha value is -1.32. The second-order valence-corrected chi connectivity index (χ2v) is 6.43. The summed E-state index contributed by atoms with van der Waals surface area (Å²) in [7, 11) is 0. The Balaban J connectivity index is 1.60. The van der Waals surface area contributed by atoms with Crippen LogP contribution in [0.4, 0.5) is 0 Å². The summed E-state index contributed by atoms with van der Waals surface area (Å²) in [5, 5.41) is 5.69. The number of benzene rings is 1. The molecule has 1 aliphatic rings. The van der Waals surface area contributed by atoms with Crippen LogP contribution in [-0.2, 0) is 13.0 Å². The van der Waals surface area contributed by atoms with E-state index >= 15 is 0 Å². The van der Waals surface area contributed by atoms with Crippen molar-refractivity contribution < 1.29 is 4.74 Å². The molecule has 1 saturated carbocycles. The molecular weight excluding hydrogens is 266 g/mol. The van der Waals surface area contributed by atoms with Crippen LogP contribution >= 0.6 is 11.3 Å². The smallest absolute Gasteiger partial charge is 0.126 e. The first-order chi connectivity index (χ1) is 9.83. The first kappa shape index (κ1) is 13.7. The number of aryl methyl sites for hydroxylation is 1. The molecule has 0 saturated heterocycles. The number of rotatable bonds is 7. The van der Waals surface area contributed by atoms with Crippen LogP contribution in [0, 0.1) is 6.92 Å². The first-order valence-corrected chi connectivity index (χ1v) is 8.18. The number of nitrogens with one attached hydrogen (secondary N) is 1. The van der Waals surface area contributed by atoms with E-state index in [-0.39, 0.29) is 0 Å². The number of ether oxygens (including phenoxy) is 1. The third-order valence-electron chi connectivity index (χ3n) is 3.63. The largest absolute Gasteiger partial charge is 0.493 e. The van der Waals surface area contributed by atoms with E-state index in [0.29, 0.717) is 0 Å². The molecule has 1 N–H and O–H groups in total. The minimum atomic E-state index is 0.731. The third-order valence-corrected chi connectivity index (χ3v) is 4.56. The van der Waals surface area contributed by atoms with Gasteiger partial charge in [0.1, 0.15) is 5.75 Å². The van der Waals surface area contributed by atoms with Gasteiger partial charge in [-0.05, 0) is 36.8 Å². The number of hydrogen-bond acceptors (Lipinski definition) is 3. The average Bonchev–Trinajstić information content (AvgIpc) is 3.14. The molecule has 1 aliphatic carbocycles. The van der Waals surface area contributed by atoms with Gasteiger partial charge in [-0.25, -0.2) is 0 Å². The Morgan fingerprint density at radius 1 is 1.25 bits per heavy atom. The van der Waals surface area contributed by atoms with Gasteiger partial charge in [0.15, 0.2) is 0 Å². The van der Waals surface area contributed by atoms with Crippen molar-refractivity contribution >= 4 is 11.3 Å². The van der Waals surface area contributed by atoms with Gasteiger partial charge in [0.2, 0.25) is 0 Å². The van der Waals surface area contributed by atoms with Gasteiger partial charge in [-0.3, -0.25) is 0 Å². The highest BCUT2D eigenvalue weighted by atomic mass is 32.1. The molecule has 106 valence electrons. The molecule has 2 aromatic rings. The maximum atomic E-state index is 6.06. The fourth-order valence-corrected chi connectivity index (χ4v) is 3.00. The van der Waals surface area contributed by atoms with Gasteiger partial charge in [0, 0.05) is 29.4 Å². The number of thiophene rings is 1. The lowest BCUT2D eigenvalue weighted by molar-refractivity contribution is 0.316. The normalized spacial score (nSPS) is 14.4. The molecule has 0 aliphatic heterocycles. The lowest BCUT2D eigenvalue weighted by atomic mass is 10.1. The van der Waals surface area contributed by atoms with Gasteiger partial charge in [-0.2, -0.15) is 0 Å². The highest BCUT2D eigenvalue weighted by Gasteiger charge is 2.20. The maximum Gasteiger partial charge on any atom is 0.126 e. The van der Waals surface area contributed by atoms with E-state index in [2.05, 4.69) is 48.0 Å². The van der Waals surface area contributed by atoms with Crippen molar-refractivity contribution in [3.63, 3.8) is 0 Å². The zero-order chi connectivity index (χ0) is 13.8. The molecule has 1 aromatic heterocycles. The molecule has 2 nitrogen and oxygen atoms in total. The van der Waals surface area contributed by atoms with Crippen LogP contribution in [0.2, 0.25) is 0 Å². The summed E-state index contributed by atoms with van der Waals surface area (Å²) < 4.78 is 6.06. The maximum absolute atomic E-state index is 6.06. The number of hydrogen-bond donors (Lipinski definition) is 1. The third kappa shape index (κ3) is 3.62. The van der Waals surface area contributed by atoms with Crippen molar-refractivity contribution in [2.45, 2.75) is 38.8 Å². The summed E-state index contributed by atoms with van der Waals surface area (Å²) >= 11 is 1.80. The fourth-order valence-electron chi connectivity index (χ4n) is 2.31. The lowest BCUT2D eigenvalue weighted by Gasteiger charge is -2.14. The molecule has 0 radical (unpaired) electrons. The van der Waals surface area contributed by atoms with Gasteiger partial charge >= 0.3 is 0 Å². The van der Waals surface area contributed by atoms with E-state index in [1.54, 1.807) is 11.3 Å². The summed E-state index contributed by atoms with van der Waals surface area (Å²) in [5.41, 5.74) is 2.51. The summed E-state index contributed by atoms with van der Waals surface area (Å²) in [6, 6.07) is 11.4. The molecule has 3 heteroatoms. The van der Waals surface area contributed by atoms with E-state index < -0.39 is 0 Å². The van der Waals surface area contributed by atoms with Gasteiger partial charge in [0.05, 0.1) is 6.61 Å². The van der Waals surface area contributed by atoms with Crippen LogP contribution < -0.4 is 10.1 Å². The molecule has 0 unspecified atom stereocenters. The van der Waals surface area contributed by atoms with Crippen LogP contribution in [0.15, 0.2) is 35.7 Å². The lowest BCUT2D eigenvalue weighted by Crippen LogP contribution is -2.16. The SMILES string of the molecule is Cc1cccc(CNC2CC2)c1OCCc1cccs1. The van der Waals surface area contributed by atoms with Crippen LogP contribution in [0.25, 0.3) is 0 Å². The van der Waals surface area contributed by atoms with E-state index in [9.17, 15) is 0 Å². The minimum Gasteiger partial charge on any atom is -0.493 e. The average molecular weight is 287 g/mol. The summed E-state index contributed by atoms with van der Waals surface area (Å²) in [4.78, 5) is 1.39. The van der Waals surface area contributed by atoms with E-state index in [0.717, 1.165) is 31.4 Å². The Morgan fingerprint density at radius 3 is 2.90 bits per heavy atom. The molecule has 1 heterocycles. The second kappa shape index (κ2) is 6.42. The molecule has 1 aromatic carbocycles. The highest BCUT2D eigenvalue weighted by molar-refractivity contribution is 7.09. The van der Waals surface area contributed by atoms with Gasteiger partial charge in [-0.1, -0.05) is 24.3 Å². The van der Waals surface area contributed by atoms with Gasteiger partial charge < -0.3 is 10.1 Å². The summed E-state index contributed by atoms with van der Waals surface area (Å²) in [6.07, 6.45) is 3.63. The Kier molecular flexibility index (Phi) is 4.38. The van der Waals surface area contributed by atoms with Crippen molar-refractivity contribution in [1.82, 2.24) is 5.32 Å². The van der Waals surface area contributed by atoms with E-state index in [1.807, 2.05) is 0 Å². The zero-order valence-corrected chi connectivity index (χ0v) is 12.7. The van der Waals surface area contributed by atoms with Crippen LogP contribution in [0.3, 0.4) is 0 Å². The molecule has 0 amide bonds. The first-order valence-electron chi connectivity index (χ1n) is 7.30. The van der Waals surface area contributed by atoms with Crippen molar-refractivity contribution in [3.8, 4) is 5.75 Å². The molecular formula is C17H21NOS. The topological polar surface area (TPSA) is 21.3 Å². The quantitative estimate of drug-likeness (QED) is 0.833. The standard InChI is InChI=1S/C17H21NOS/c1-13-4-2-5-14(12-18-15-7-8-15)17(13)19-10-9-16-6-3-11-20-16/h2-6,11,15,18H,7-10,12H2,1H3.